The number of anilines is 1. The maximum Gasteiger partial charge on any atom is 0.291 e. The highest BCUT2D eigenvalue weighted by atomic mass is 32.1. The van der Waals surface area contributed by atoms with Crippen molar-refractivity contribution in [3.63, 3.8) is 0 Å². The molecular weight excluding hydrogens is 280 g/mol. The zero-order valence-electron chi connectivity index (χ0n) is 12.3. The quantitative estimate of drug-likeness (QED) is 0.766. The number of nitrogen functional groups attached to an aromatic ring is 1. The lowest BCUT2D eigenvalue weighted by atomic mass is 10.2. The van der Waals surface area contributed by atoms with Crippen LogP contribution in [0.1, 0.15) is 23.7 Å². The summed E-state index contributed by atoms with van der Waals surface area (Å²) in [6.07, 6.45) is 0. The Balaban J connectivity index is 1.84. The first-order chi connectivity index (χ1) is 10.1. The van der Waals surface area contributed by atoms with Crippen LogP contribution in [-0.4, -0.2) is 12.0 Å². The van der Waals surface area contributed by atoms with E-state index in [9.17, 15) is 0 Å². The Morgan fingerprint density at radius 3 is 2.86 bits per heavy atom. The van der Waals surface area contributed by atoms with E-state index >= 15 is 0 Å². The summed E-state index contributed by atoms with van der Waals surface area (Å²) in [7, 11) is 2.19. The molecule has 3 aromatic rings. The molecule has 2 aromatic heterocycles. The SMILES string of the molecule is C[C@@H](c1cccs1)[NH+](C)Cc1nc2ccccc2c(N)[nH+]1. The summed E-state index contributed by atoms with van der Waals surface area (Å²) in [5.74, 6) is 1.61. The lowest BCUT2D eigenvalue weighted by Gasteiger charge is -2.19. The minimum absolute atomic E-state index is 0.438. The number of benzene rings is 1. The molecule has 4 N–H and O–H groups in total. The summed E-state index contributed by atoms with van der Waals surface area (Å²) in [6, 6.07) is 12.7. The average Bonchev–Trinajstić information content (AvgIpc) is 3.00. The number of aromatic nitrogens is 2. The van der Waals surface area contributed by atoms with E-state index in [4.69, 9.17) is 5.73 Å². The fourth-order valence-electron chi connectivity index (χ4n) is 2.48. The molecule has 1 aromatic carbocycles. The Labute approximate surface area is 128 Å². The van der Waals surface area contributed by atoms with Gasteiger partial charge in [-0.25, -0.2) is 4.98 Å². The van der Waals surface area contributed by atoms with Crippen LogP contribution >= 0.6 is 11.3 Å². The normalized spacial score (nSPS) is 14.2. The molecule has 0 aliphatic heterocycles. The van der Waals surface area contributed by atoms with Crippen molar-refractivity contribution in [2.75, 3.05) is 12.8 Å². The summed E-state index contributed by atoms with van der Waals surface area (Å²) >= 11 is 1.80. The molecule has 3 rings (SSSR count). The summed E-state index contributed by atoms with van der Waals surface area (Å²) in [5, 5.41) is 3.10. The van der Waals surface area contributed by atoms with E-state index in [1.807, 2.05) is 24.3 Å². The molecule has 0 saturated carbocycles. The van der Waals surface area contributed by atoms with Crippen LogP contribution in [-0.2, 0) is 6.54 Å². The highest BCUT2D eigenvalue weighted by molar-refractivity contribution is 7.10. The van der Waals surface area contributed by atoms with Crippen LogP contribution in [0.2, 0.25) is 0 Å². The van der Waals surface area contributed by atoms with Gasteiger partial charge in [-0.1, -0.05) is 18.2 Å². The molecular formula is C16H20N4S+2. The Kier molecular flexibility index (Phi) is 3.86. The second-order valence-corrected chi connectivity index (χ2v) is 6.35. The fraction of sp³-hybridized carbons (Fsp3) is 0.250. The third-order valence-corrected chi connectivity index (χ3v) is 4.94. The van der Waals surface area contributed by atoms with Crippen molar-refractivity contribution in [2.45, 2.75) is 19.5 Å². The number of rotatable bonds is 4. The standard InChI is InChI=1S/C16H18N4S/c1-11(14-8-5-9-21-14)20(2)10-15-18-13-7-4-3-6-12(13)16(17)19-15/h3-9,11H,10H2,1-2H3,(H2,17,18,19)/p+2/t11-/m0/s1. The van der Waals surface area contributed by atoms with Gasteiger partial charge < -0.3 is 10.6 Å². The minimum atomic E-state index is 0.438. The van der Waals surface area contributed by atoms with Crippen LogP contribution in [0.25, 0.3) is 10.9 Å². The molecule has 0 amide bonds. The number of fused-ring (bicyclic) bond motifs is 1. The highest BCUT2D eigenvalue weighted by Crippen LogP contribution is 2.16. The summed E-state index contributed by atoms with van der Waals surface area (Å²) in [5.41, 5.74) is 7.05. The number of hydrogen-bond donors (Lipinski definition) is 2. The number of nitrogens with two attached hydrogens (primary N) is 1. The second kappa shape index (κ2) is 5.79. The maximum absolute atomic E-state index is 6.10. The van der Waals surface area contributed by atoms with Gasteiger partial charge in [0.25, 0.3) is 5.82 Å². The van der Waals surface area contributed by atoms with E-state index < -0.39 is 0 Å². The lowest BCUT2D eigenvalue weighted by Crippen LogP contribution is -3.07. The largest absolute Gasteiger partial charge is 0.322 e. The number of nitrogens with zero attached hydrogens (tertiary/aromatic N) is 1. The van der Waals surface area contributed by atoms with E-state index in [1.165, 1.54) is 9.78 Å². The number of H-pyrrole nitrogens is 1. The van der Waals surface area contributed by atoms with Gasteiger partial charge in [-0.15, -0.1) is 16.3 Å². The number of para-hydroxylation sites is 1. The number of aromatic amines is 1. The second-order valence-electron chi connectivity index (χ2n) is 5.37. The van der Waals surface area contributed by atoms with E-state index in [0.29, 0.717) is 11.9 Å². The predicted molar refractivity (Wildman–Crippen MR) is 86.0 cm³/mol. The molecule has 0 aliphatic rings. The van der Waals surface area contributed by atoms with Crippen LogP contribution in [0.4, 0.5) is 5.82 Å². The van der Waals surface area contributed by atoms with E-state index in [1.54, 1.807) is 11.3 Å². The molecule has 0 spiro atoms. The number of nitrogens with one attached hydrogen (secondary N) is 2. The molecule has 0 bridgehead atoms. The van der Waals surface area contributed by atoms with Crippen molar-refractivity contribution in [1.29, 1.82) is 0 Å². The van der Waals surface area contributed by atoms with Crippen LogP contribution in [0.3, 0.4) is 0 Å². The number of quaternary nitrogens is 1. The Morgan fingerprint density at radius 2 is 2.10 bits per heavy atom. The third kappa shape index (κ3) is 2.89. The van der Waals surface area contributed by atoms with Crippen molar-refractivity contribution in [2.24, 2.45) is 0 Å². The Morgan fingerprint density at radius 1 is 1.29 bits per heavy atom. The zero-order chi connectivity index (χ0) is 14.8. The summed E-state index contributed by atoms with van der Waals surface area (Å²) in [6.45, 7) is 3.06. The van der Waals surface area contributed by atoms with Crippen molar-refractivity contribution in [3.05, 3.63) is 52.5 Å². The summed E-state index contributed by atoms with van der Waals surface area (Å²) in [4.78, 5) is 10.7. The van der Waals surface area contributed by atoms with Crippen molar-refractivity contribution in [3.8, 4) is 0 Å². The first-order valence-electron chi connectivity index (χ1n) is 7.07. The van der Waals surface area contributed by atoms with Crippen molar-refractivity contribution < 1.29 is 9.88 Å². The third-order valence-electron chi connectivity index (χ3n) is 3.88. The van der Waals surface area contributed by atoms with Gasteiger partial charge in [0.1, 0.15) is 6.04 Å². The average molecular weight is 300 g/mol. The van der Waals surface area contributed by atoms with Crippen LogP contribution in [0.15, 0.2) is 41.8 Å². The predicted octanol–water partition coefficient (Wildman–Crippen LogP) is 1.47. The summed E-state index contributed by atoms with van der Waals surface area (Å²) < 4.78 is 0. The first-order valence-corrected chi connectivity index (χ1v) is 7.95. The van der Waals surface area contributed by atoms with Gasteiger partial charge in [0, 0.05) is 0 Å². The van der Waals surface area contributed by atoms with Gasteiger partial charge in [0.2, 0.25) is 5.82 Å². The molecule has 0 fully saturated rings. The molecule has 5 heteroatoms. The maximum atomic E-state index is 6.10. The number of thiophene rings is 1. The fourth-order valence-corrected chi connectivity index (χ4v) is 3.35. The highest BCUT2D eigenvalue weighted by Gasteiger charge is 2.20. The van der Waals surface area contributed by atoms with Gasteiger partial charge in [0.15, 0.2) is 12.1 Å². The van der Waals surface area contributed by atoms with Crippen LogP contribution in [0.5, 0.6) is 0 Å². The Hall–Kier alpha value is -1.98. The van der Waals surface area contributed by atoms with Crippen molar-refractivity contribution in [1.82, 2.24) is 4.98 Å². The molecule has 2 heterocycles. The van der Waals surface area contributed by atoms with E-state index in [0.717, 1.165) is 23.3 Å². The van der Waals surface area contributed by atoms with Gasteiger partial charge in [-0.05, 0) is 30.5 Å². The monoisotopic (exact) mass is 300 g/mol. The Bertz CT molecular complexity index is 739. The smallest absolute Gasteiger partial charge is 0.291 e. The molecule has 108 valence electrons. The molecule has 2 atom stereocenters. The molecule has 4 nitrogen and oxygen atoms in total. The van der Waals surface area contributed by atoms with E-state index in [-0.39, 0.29) is 0 Å². The molecule has 21 heavy (non-hydrogen) atoms. The number of hydrogen-bond acceptors (Lipinski definition) is 3. The van der Waals surface area contributed by atoms with Crippen LogP contribution < -0.4 is 15.6 Å². The van der Waals surface area contributed by atoms with Gasteiger partial charge in [-0.3, -0.25) is 0 Å². The van der Waals surface area contributed by atoms with Gasteiger partial charge >= 0.3 is 0 Å². The molecule has 0 aliphatic carbocycles. The molecule has 0 saturated heterocycles. The van der Waals surface area contributed by atoms with E-state index in [2.05, 4.69) is 41.5 Å². The van der Waals surface area contributed by atoms with Gasteiger partial charge in [0.05, 0.1) is 17.3 Å². The minimum Gasteiger partial charge on any atom is -0.322 e. The van der Waals surface area contributed by atoms with Crippen molar-refractivity contribution >= 4 is 28.1 Å². The topological polar surface area (TPSA) is 57.5 Å². The van der Waals surface area contributed by atoms with Crippen LogP contribution in [0, 0.1) is 0 Å². The molecule has 0 radical (unpaired) electrons. The lowest BCUT2D eigenvalue weighted by molar-refractivity contribution is -0.927. The van der Waals surface area contributed by atoms with Gasteiger partial charge in [-0.2, -0.15) is 0 Å². The zero-order valence-corrected chi connectivity index (χ0v) is 13.1. The first kappa shape index (κ1) is 14.0. The molecule has 1 unspecified atom stereocenters.